The van der Waals surface area contributed by atoms with Gasteiger partial charge in [0.2, 0.25) is 6.29 Å². The molecule has 1 saturated heterocycles. The number of aliphatic hydroxyl groups is 2. The third-order valence-corrected chi connectivity index (χ3v) is 9.54. The highest BCUT2D eigenvalue weighted by molar-refractivity contribution is 5.82. The summed E-state index contributed by atoms with van der Waals surface area (Å²) in [6, 6.07) is 0. The average Bonchev–Trinajstić information content (AvgIpc) is 3.20. The van der Waals surface area contributed by atoms with Crippen LogP contribution >= 0.6 is 0 Å². The van der Waals surface area contributed by atoms with Crippen LogP contribution in [0.1, 0.15) is 53.9 Å². The van der Waals surface area contributed by atoms with Gasteiger partial charge in [-0.3, -0.25) is 14.4 Å². The standard InChI is InChI=1S/C25H34O9/c1-6-10(2)20(28)32-17-14-8-25-13-7-16(27)19(25)24(14,5)23(30)33-18(17)15(25)9-31-22(13)34-21(29)11(3)12(4)26/h9-14,16-19,22,26-27H,6-8H2,1-5H3/t10?,11?,12?,13-,14-,16+,17-,18+,19-,22-,24+,25-/m0/s1. The van der Waals surface area contributed by atoms with E-state index in [0.29, 0.717) is 24.8 Å². The summed E-state index contributed by atoms with van der Waals surface area (Å²) >= 11 is 0. The van der Waals surface area contributed by atoms with Crippen LogP contribution in [0.2, 0.25) is 0 Å². The molecular formula is C25H34O9. The summed E-state index contributed by atoms with van der Waals surface area (Å²) in [6.07, 6.45) is -1.18. The van der Waals surface area contributed by atoms with Crippen molar-refractivity contribution >= 4 is 17.9 Å². The molecule has 5 aliphatic rings. The molecule has 188 valence electrons. The molecule has 2 aliphatic heterocycles. The highest BCUT2D eigenvalue weighted by atomic mass is 16.7. The van der Waals surface area contributed by atoms with Gasteiger partial charge >= 0.3 is 17.9 Å². The Balaban J connectivity index is 1.54. The van der Waals surface area contributed by atoms with Gasteiger partial charge in [-0.25, -0.2) is 0 Å². The van der Waals surface area contributed by atoms with E-state index in [-0.39, 0.29) is 23.7 Å². The Hall–Kier alpha value is -2.13. The van der Waals surface area contributed by atoms with Crippen molar-refractivity contribution in [1.82, 2.24) is 0 Å². The van der Waals surface area contributed by atoms with Crippen LogP contribution < -0.4 is 0 Å². The molecule has 9 heteroatoms. The van der Waals surface area contributed by atoms with Crippen LogP contribution in [-0.2, 0) is 33.3 Å². The minimum absolute atomic E-state index is 0.284. The van der Waals surface area contributed by atoms with Crippen LogP contribution in [0.3, 0.4) is 0 Å². The van der Waals surface area contributed by atoms with E-state index in [4.69, 9.17) is 18.9 Å². The van der Waals surface area contributed by atoms with Crippen LogP contribution in [-0.4, -0.2) is 58.8 Å². The van der Waals surface area contributed by atoms with E-state index < -0.39 is 65.3 Å². The van der Waals surface area contributed by atoms with Crippen molar-refractivity contribution in [2.45, 2.75) is 84.6 Å². The van der Waals surface area contributed by atoms with Crippen molar-refractivity contribution in [2.75, 3.05) is 0 Å². The van der Waals surface area contributed by atoms with Gasteiger partial charge in [0.1, 0.15) is 6.10 Å². The first-order valence-electron chi connectivity index (χ1n) is 12.3. The zero-order valence-corrected chi connectivity index (χ0v) is 20.2. The average molecular weight is 479 g/mol. The van der Waals surface area contributed by atoms with Gasteiger partial charge in [-0.05, 0) is 40.0 Å². The number of hydrogen-bond acceptors (Lipinski definition) is 9. The number of aliphatic hydroxyl groups excluding tert-OH is 2. The molecule has 34 heavy (non-hydrogen) atoms. The fourth-order valence-corrected chi connectivity index (χ4v) is 7.33. The van der Waals surface area contributed by atoms with E-state index in [1.54, 1.807) is 20.8 Å². The Morgan fingerprint density at radius 2 is 1.91 bits per heavy atom. The molecule has 1 spiro atoms. The maximum atomic E-state index is 13.3. The first-order valence-corrected chi connectivity index (χ1v) is 12.3. The summed E-state index contributed by atoms with van der Waals surface area (Å²) in [7, 11) is 0. The zero-order valence-electron chi connectivity index (χ0n) is 20.2. The Morgan fingerprint density at radius 1 is 1.21 bits per heavy atom. The topological polar surface area (TPSA) is 129 Å². The van der Waals surface area contributed by atoms with E-state index in [9.17, 15) is 24.6 Å². The van der Waals surface area contributed by atoms with Gasteiger partial charge in [-0.2, -0.15) is 0 Å². The van der Waals surface area contributed by atoms with Crippen LogP contribution in [0.4, 0.5) is 0 Å². The Morgan fingerprint density at radius 3 is 2.56 bits per heavy atom. The molecule has 3 saturated carbocycles. The predicted octanol–water partition coefficient (Wildman–Crippen LogP) is 1.69. The van der Waals surface area contributed by atoms with Crippen LogP contribution in [0, 0.1) is 40.4 Å². The van der Waals surface area contributed by atoms with E-state index >= 15 is 0 Å². The minimum Gasteiger partial charge on any atom is -0.462 e. The second-order valence-electron chi connectivity index (χ2n) is 11.1. The summed E-state index contributed by atoms with van der Waals surface area (Å²) in [4.78, 5) is 38.6. The molecule has 2 N–H and O–H groups in total. The third kappa shape index (κ3) is 2.83. The first-order chi connectivity index (χ1) is 16.0. The Kier molecular flexibility index (Phi) is 5.33. The first kappa shape index (κ1) is 23.6. The number of esters is 3. The van der Waals surface area contributed by atoms with Gasteiger partial charge in [0.15, 0.2) is 6.10 Å². The number of ether oxygens (including phenoxy) is 4. The largest absolute Gasteiger partial charge is 0.462 e. The highest BCUT2D eigenvalue weighted by Crippen LogP contribution is 2.77. The number of fused-ring (bicyclic) bond motifs is 3. The molecule has 3 unspecified atom stereocenters. The maximum absolute atomic E-state index is 13.3. The molecule has 0 radical (unpaired) electrons. The number of carbonyl (C=O) groups excluding carboxylic acids is 3. The maximum Gasteiger partial charge on any atom is 0.314 e. The van der Waals surface area contributed by atoms with E-state index in [2.05, 4.69) is 0 Å². The number of hydrogen-bond donors (Lipinski definition) is 2. The number of rotatable bonds is 6. The molecule has 9 nitrogen and oxygen atoms in total. The second kappa shape index (κ2) is 7.68. The second-order valence-corrected chi connectivity index (χ2v) is 11.1. The molecule has 0 aromatic rings. The van der Waals surface area contributed by atoms with Crippen LogP contribution in [0.5, 0.6) is 0 Å². The molecule has 3 bridgehead atoms. The smallest absolute Gasteiger partial charge is 0.314 e. The fraction of sp³-hybridized carbons (Fsp3) is 0.800. The SMILES string of the molecule is CCC(C)C(=O)O[C@@H]1[C@@H]2OC(=O)[C@]3(C)[C@H]1C[C@@]14C2=CO[C@@H](OC(=O)C(C)C(C)O)[C@@H]1C[C@@H](O)[C@@H]34. The van der Waals surface area contributed by atoms with Crippen molar-refractivity contribution in [3.05, 3.63) is 11.8 Å². The van der Waals surface area contributed by atoms with Crippen LogP contribution in [0.15, 0.2) is 11.8 Å². The lowest BCUT2D eigenvalue weighted by Gasteiger charge is -2.51. The molecule has 5 rings (SSSR count). The van der Waals surface area contributed by atoms with Crippen molar-refractivity contribution in [1.29, 1.82) is 0 Å². The van der Waals surface area contributed by atoms with Crippen molar-refractivity contribution in [2.24, 2.45) is 40.4 Å². The van der Waals surface area contributed by atoms with Gasteiger partial charge in [0.25, 0.3) is 0 Å². The van der Waals surface area contributed by atoms with E-state index in [1.807, 2.05) is 6.92 Å². The van der Waals surface area contributed by atoms with Gasteiger partial charge in [-0.1, -0.05) is 13.8 Å². The molecule has 3 aliphatic carbocycles. The monoisotopic (exact) mass is 478 g/mol. The zero-order chi connectivity index (χ0) is 24.7. The summed E-state index contributed by atoms with van der Waals surface area (Å²) in [6.45, 7) is 8.62. The fourth-order valence-electron chi connectivity index (χ4n) is 7.33. The van der Waals surface area contributed by atoms with E-state index in [0.717, 1.165) is 0 Å². The van der Waals surface area contributed by atoms with Gasteiger partial charge in [0.05, 0.1) is 35.7 Å². The highest BCUT2D eigenvalue weighted by Gasteiger charge is 2.82. The molecule has 0 amide bonds. The summed E-state index contributed by atoms with van der Waals surface area (Å²) in [5.41, 5.74) is -1.01. The quantitative estimate of drug-likeness (QED) is 0.433. The van der Waals surface area contributed by atoms with E-state index in [1.165, 1.54) is 13.2 Å². The van der Waals surface area contributed by atoms with Crippen LogP contribution in [0.25, 0.3) is 0 Å². The Labute approximate surface area is 198 Å². The van der Waals surface area contributed by atoms with Gasteiger partial charge in [0, 0.05) is 28.7 Å². The normalized spacial score (nSPS) is 45.9. The van der Waals surface area contributed by atoms with Crippen molar-refractivity contribution in [3.8, 4) is 0 Å². The Bertz CT molecular complexity index is 943. The number of carbonyl (C=O) groups is 3. The third-order valence-electron chi connectivity index (χ3n) is 9.54. The molecular weight excluding hydrogens is 444 g/mol. The lowest BCUT2D eigenvalue weighted by Crippen LogP contribution is -2.59. The summed E-state index contributed by atoms with van der Waals surface area (Å²) < 4.78 is 23.4. The van der Waals surface area contributed by atoms with Gasteiger partial charge in [-0.15, -0.1) is 0 Å². The lowest BCUT2D eigenvalue weighted by atomic mass is 9.61. The predicted molar refractivity (Wildman–Crippen MR) is 115 cm³/mol. The summed E-state index contributed by atoms with van der Waals surface area (Å²) in [5, 5.41) is 21.1. The molecule has 0 aromatic carbocycles. The molecule has 12 atom stereocenters. The van der Waals surface area contributed by atoms with Crippen molar-refractivity contribution in [3.63, 3.8) is 0 Å². The van der Waals surface area contributed by atoms with Gasteiger partial charge < -0.3 is 29.2 Å². The molecule has 4 fully saturated rings. The minimum atomic E-state index is -1.04. The molecule has 0 aromatic heterocycles. The van der Waals surface area contributed by atoms with Crippen molar-refractivity contribution < 1.29 is 43.5 Å². The lowest BCUT2D eigenvalue weighted by molar-refractivity contribution is -0.214. The summed E-state index contributed by atoms with van der Waals surface area (Å²) in [5.74, 6) is -3.51. The molecule has 2 heterocycles.